The van der Waals surface area contributed by atoms with Gasteiger partial charge in [-0.05, 0) is 54.8 Å². The number of amides is 1. The third kappa shape index (κ3) is 9.03. The van der Waals surface area contributed by atoms with E-state index in [1.165, 1.54) is 18.7 Å². The standard InChI is InChI=1S/C28H33N3O8S4/c1-4-20(16-28-31(12-6-14-43(36,37)38)24-18-22(39-3)8-10-26(24)41-28)15-27-30(11-5-13-42(33,34)35)23-17-21(29-19(2)32)7-9-25(23)40-27/h7-10,15-18H,4-6,11-14H2,1-3H3,(H2-,29,32,33,34,35,36,37,38). The number of nitrogens with zero attached hydrogens (tertiary/aromatic N) is 2. The minimum Gasteiger partial charge on any atom is -0.748 e. The van der Waals surface area contributed by atoms with Gasteiger partial charge in [-0.3, -0.25) is 9.35 Å². The number of methoxy groups -OCH3 is 1. The molecule has 11 nitrogen and oxygen atoms in total. The van der Waals surface area contributed by atoms with Crippen molar-refractivity contribution in [3.05, 3.63) is 58.1 Å². The molecule has 0 saturated carbocycles. The van der Waals surface area contributed by atoms with Crippen LogP contribution in [0.1, 0.15) is 38.1 Å². The predicted octanol–water partition coefficient (Wildman–Crippen LogP) is 4.62. The number of hydrogen-bond acceptors (Lipinski definition) is 10. The molecule has 0 radical (unpaired) electrons. The summed E-state index contributed by atoms with van der Waals surface area (Å²) in [6.45, 7) is 4.07. The van der Waals surface area contributed by atoms with Crippen molar-refractivity contribution in [1.82, 2.24) is 0 Å². The molecule has 2 aromatic carbocycles. The Hall–Kier alpha value is -2.95. The van der Waals surface area contributed by atoms with Gasteiger partial charge in [0.2, 0.25) is 11.4 Å². The Morgan fingerprint density at radius 3 is 2.56 bits per heavy atom. The maximum atomic E-state index is 11.6. The van der Waals surface area contributed by atoms with Crippen molar-refractivity contribution >= 4 is 76.9 Å². The third-order valence-electron chi connectivity index (χ3n) is 6.57. The Kier molecular flexibility index (Phi) is 10.6. The van der Waals surface area contributed by atoms with Crippen molar-refractivity contribution in [1.29, 1.82) is 0 Å². The van der Waals surface area contributed by atoms with Crippen molar-refractivity contribution < 1.29 is 40.0 Å². The molecule has 1 amide bonds. The largest absolute Gasteiger partial charge is 0.748 e. The second-order valence-electron chi connectivity index (χ2n) is 9.85. The Labute approximate surface area is 259 Å². The molecule has 0 bridgehead atoms. The molecule has 0 unspecified atom stereocenters. The number of allylic oxidation sites excluding steroid dienone is 2. The molecule has 2 heterocycles. The lowest BCUT2D eigenvalue weighted by Crippen LogP contribution is -2.36. The molecule has 3 aromatic rings. The number of aromatic nitrogens is 1. The Balaban J connectivity index is 1.73. The van der Waals surface area contributed by atoms with E-state index in [0.29, 0.717) is 24.4 Å². The summed E-state index contributed by atoms with van der Waals surface area (Å²) in [6, 6.07) is 11.2. The molecule has 0 atom stereocenters. The number of fused-ring (bicyclic) bond motifs is 2. The van der Waals surface area contributed by atoms with E-state index in [-0.39, 0.29) is 31.0 Å². The Morgan fingerprint density at radius 2 is 1.91 bits per heavy atom. The Bertz CT molecular complexity index is 1800. The highest BCUT2D eigenvalue weighted by Gasteiger charge is 2.27. The van der Waals surface area contributed by atoms with Gasteiger partial charge in [0, 0.05) is 42.3 Å². The van der Waals surface area contributed by atoms with Gasteiger partial charge in [0.1, 0.15) is 10.4 Å². The summed E-state index contributed by atoms with van der Waals surface area (Å²) in [5, 5.41) is 4.49. The van der Waals surface area contributed by atoms with Crippen molar-refractivity contribution in [2.45, 2.75) is 44.6 Å². The summed E-state index contributed by atoms with van der Waals surface area (Å²) in [5.41, 5.74) is 3.24. The van der Waals surface area contributed by atoms with Gasteiger partial charge in [-0.2, -0.15) is 13.0 Å². The molecule has 0 saturated heterocycles. The fraction of sp³-hybridized carbons (Fsp3) is 0.357. The summed E-state index contributed by atoms with van der Waals surface area (Å²) < 4.78 is 74.3. The van der Waals surface area contributed by atoms with Gasteiger partial charge in [0.15, 0.2) is 6.54 Å². The number of carbonyl (C=O) groups is 1. The topological polar surface area (TPSA) is 157 Å². The van der Waals surface area contributed by atoms with Gasteiger partial charge in [0.25, 0.3) is 15.1 Å². The first-order chi connectivity index (χ1) is 20.3. The maximum Gasteiger partial charge on any atom is 0.265 e. The van der Waals surface area contributed by atoms with E-state index in [2.05, 4.69) is 5.32 Å². The van der Waals surface area contributed by atoms with E-state index < -0.39 is 26.0 Å². The van der Waals surface area contributed by atoms with Gasteiger partial charge >= 0.3 is 0 Å². The number of aryl methyl sites for hydroxylation is 1. The van der Waals surface area contributed by atoms with Crippen LogP contribution in [0.3, 0.4) is 0 Å². The van der Waals surface area contributed by atoms with E-state index >= 15 is 0 Å². The zero-order chi connectivity index (χ0) is 31.4. The van der Waals surface area contributed by atoms with Crippen LogP contribution in [0.2, 0.25) is 0 Å². The first-order valence-corrected chi connectivity index (χ1v) is 18.3. The first-order valence-electron chi connectivity index (χ1n) is 13.4. The molecule has 0 aliphatic carbocycles. The van der Waals surface area contributed by atoms with Crippen LogP contribution in [-0.4, -0.2) is 57.0 Å². The number of anilines is 2. The minimum absolute atomic E-state index is 0.130. The smallest absolute Gasteiger partial charge is 0.265 e. The van der Waals surface area contributed by atoms with E-state index in [4.69, 9.17) is 4.74 Å². The van der Waals surface area contributed by atoms with E-state index in [1.807, 2.05) is 58.9 Å². The van der Waals surface area contributed by atoms with Crippen LogP contribution in [-0.2, 0) is 31.6 Å². The average molecular weight is 668 g/mol. The number of carbonyl (C=O) groups excluding carboxylic acids is 1. The molecule has 0 fully saturated rings. The van der Waals surface area contributed by atoms with Gasteiger partial charge in [-0.15, -0.1) is 0 Å². The van der Waals surface area contributed by atoms with Crippen molar-refractivity contribution in [3.8, 4) is 5.75 Å². The third-order valence-corrected chi connectivity index (χ3v) is 10.4. The molecule has 43 heavy (non-hydrogen) atoms. The second kappa shape index (κ2) is 13.8. The summed E-state index contributed by atoms with van der Waals surface area (Å²) in [5.74, 6) is -0.407. The van der Waals surface area contributed by atoms with Crippen molar-refractivity contribution in [3.63, 3.8) is 0 Å². The number of ether oxygens (including phenoxy) is 1. The van der Waals surface area contributed by atoms with Crippen molar-refractivity contribution in [2.75, 3.05) is 35.4 Å². The van der Waals surface area contributed by atoms with Crippen molar-refractivity contribution in [2.24, 2.45) is 0 Å². The van der Waals surface area contributed by atoms with Crippen LogP contribution >= 0.6 is 23.1 Å². The summed E-state index contributed by atoms with van der Waals surface area (Å²) >= 11 is 3.05. The van der Waals surface area contributed by atoms with Crippen LogP contribution in [0.4, 0.5) is 11.4 Å². The predicted molar refractivity (Wildman–Crippen MR) is 169 cm³/mol. The number of thioether (sulfide) groups is 1. The maximum absolute atomic E-state index is 11.6. The molecule has 232 valence electrons. The van der Waals surface area contributed by atoms with E-state index in [1.54, 1.807) is 24.5 Å². The van der Waals surface area contributed by atoms with E-state index in [0.717, 1.165) is 36.4 Å². The quantitative estimate of drug-likeness (QED) is 0.195. The molecule has 1 aromatic heterocycles. The molecule has 15 heteroatoms. The number of thiazole rings is 1. The molecule has 1 aliphatic rings. The highest BCUT2D eigenvalue weighted by atomic mass is 32.2. The number of benzene rings is 2. The highest BCUT2D eigenvalue weighted by Crippen LogP contribution is 2.47. The number of nitrogens with one attached hydrogen (secondary N) is 1. The van der Waals surface area contributed by atoms with Gasteiger partial charge < -0.3 is 19.5 Å². The molecular formula is C28H33N3O8S4. The first kappa shape index (κ1) is 33.0. The van der Waals surface area contributed by atoms with Gasteiger partial charge in [-0.1, -0.05) is 30.0 Å². The molecular weight excluding hydrogens is 635 g/mol. The molecule has 4 rings (SSSR count). The van der Waals surface area contributed by atoms with Gasteiger partial charge in [0.05, 0.1) is 39.8 Å². The number of hydrogen-bond donors (Lipinski definition) is 2. The second-order valence-corrected chi connectivity index (χ2v) is 15.1. The lowest BCUT2D eigenvalue weighted by molar-refractivity contribution is -0.668. The molecule has 0 spiro atoms. The fourth-order valence-corrected chi connectivity index (χ4v) is 7.90. The zero-order valence-corrected chi connectivity index (χ0v) is 27.2. The summed E-state index contributed by atoms with van der Waals surface area (Å²) in [4.78, 5) is 14.5. The normalized spacial score (nSPS) is 14.9. The fourth-order valence-electron chi connectivity index (χ4n) is 4.63. The SMILES string of the molecule is CCC(/C=C1\Sc2ccc(NC(C)=O)cc2N1CCCS(=O)(=O)[O-])=C\c1sc2ccc(OC)cc2[n+]1CCCS(=O)(=O)O. The van der Waals surface area contributed by atoms with Crippen LogP contribution in [0, 0.1) is 0 Å². The lowest BCUT2D eigenvalue weighted by Gasteiger charge is -2.22. The Morgan fingerprint density at radius 1 is 1.14 bits per heavy atom. The van der Waals surface area contributed by atoms with Crippen LogP contribution in [0.15, 0.2) is 58.0 Å². The summed E-state index contributed by atoms with van der Waals surface area (Å²) in [6.07, 6.45) is 5.05. The molecule has 1 aliphatic heterocycles. The number of rotatable bonds is 13. The van der Waals surface area contributed by atoms with Gasteiger partial charge in [-0.25, -0.2) is 8.42 Å². The molecule has 2 N–H and O–H groups in total. The monoisotopic (exact) mass is 667 g/mol. The van der Waals surface area contributed by atoms with E-state index in [9.17, 15) is 30.7 Å². The zero-order valence-electron chi connectivity index (χ0n) is 23.9. The lowest BCUT2D eigenvalue weighted by atomic mass is 10.2. The van der Waals surface area contributed by atoms with Crippen LogP contribution in [0.5, 0.6) is 5.75 Å². The minimum atomic E-state index is -4.38. The van der Waals surface area contributed by atoms with Crippen LogP contribution in [0.25, 0.3) is 16.3 Å². The highest BCUT2D eigenvalue weighted by molar-refractivity contribution is 8.03. The summed E-state index contributed by atoms with van der Waals surface area (Å²) in [7, 11) is -6.91. The van der Waals surface area contributed by atoms with Crippen LogP contribution < -0.4 is 19.5 Å². The average Bonchev–Trinajstić information content (AvgIpc) is 3.43.